The first kappa shape index (κ1) is 17.6. The highest BCUT2D eigenvalue weighted by atomic mass is 79.9. The Morgan fingerprint density at radius 2 is 1.88 bits per heavy atom. The Morgan fingerprint density at radius 1 is 1.12 bits per heavy atom. The molecular formula is C19H20BrN3O2. The van der Waals surface area contributed by atoms with Crippen molar-refractivity contribution < 1.29 is 9.84 Å². The molecule has 0 radical (unpaired) electrons. The van der Waals surface area contributed by atoms with Crippen molar-refractivity contribution in [3.8, 4) is 5.75 Å². The molecule has 25 heavy (non-hydrogen) atoms. The van der Waals surface area contributed by atoms with Crippen LogP contribution in [-0.2, 0) is 0 Å². The van der Waals surface area contributed by atoms with Crippen molar-refractivity contribution in [1.82, 2.24) is 9.97 Å². The van der Waals surface area contributed by atoms with Crippen molar-refractivity contribution >= 4 is 32.7 Å². The van der Waals surface area contributed by atoms with Gasteiger partial charge in [-0.3, -0.25) is 0 Å². The van der Waals surface area contributed by atoms with Crippen LogP contribution >= 0.6 is 15.9 Å². The van der Waals surface area contributed by atoms with E-state index in [0.29, 0.717) is 12.4 Å². The first-order chi connectivity index (χ1) is 12.0. The van der Waals surface area contributed by atoms with E-state index >= 15 is 0 Å². The molecule has 0 aliphatic heterocycles. The van der Waals surface area contributed by atoms with Gasteiger partial charge in [-0.15, -0.1) is 0 Å². The summed E-state index contributed by atoms with van der Waals surface area (Å²) in [5.41, 5.74) is 1.67. The molecule has 0 bridgehead atoms. The lowest BCUT2D eigenvalue weighted by Crippen LogP contribution is -2.13. The van der Waals surface area contributed by atoms with Gasteiger partial charge in [0.05, 0.1) is 17.7 Å². The Hall–Kier alpha value is -2.18. The zero-order valence-corrected chi connectivity index (χ0v) is 15.7. The number of aliphatic hydroxyl groups excluding tert-OH is 1. The Labute approximate surface area is 155 Å². The second-order valence-electron chi connectivity index (χ2n) is 6.02. The van der Waals surface area contributed by atoms with E-state index in [1.54, 1.807) is 0 Å². The third kappa shape index (κ3) is 4.46. The van der Waals surface area contributed by atoms with Crippen LogP contribution < -0.4 is 10.1 Å². The van der Waals surface area contributed by atoms with Gasteiger partial charge in [-0.25, -0.2) is 9.97 Å². The van der Waals surface area contributed by atoms with Crippen molar-refractivity contribution in [2.45, 2.75) is 26.1 Å². The Morgan fingerprint density at radius 3 is 2.60 bits per heavy atom. The maximum Gasteiger partial charge on any atom is 0.137 e. The van der Waals surface area contributed by atoms with Gasteiger partial charge in [-0.1, -0.05) is 28.1 Å². The number of anilines is 1. The number of rotatable bonds is 6. The predicted molar refractivity (Wildman–Crippen MR) is 103 cm³/mol. The van der Waals surface area contributed by atoms with Crippen molar-refractivity contribution in [2.75, 3.05) is 11.9 Å². The highest BCUT2D eigenvalue weighted by Crippen LogP contribution is 2.24. The molecule has 0 aliphatic carbocycles. The monoisotopic (exact) mass is 401 g/mol. The van der Waals surface area contributed by atoms with Crippen LogP contribution in [0.1, 0.15) is 25.5 Å². The van der Waals surface area contributed by atoms with E-state index in [9.17, 15) is 5.11 Å². The number of hydrogen-bond acceptors (Lipinski definition) is 5. The maximum atomic E-state index is 10.4. The van der Waals surface area contributed by atoms with Crippen molar-refractivity contribution in [3.05, 3.63) is 58.8 Å². The molecule has 0 spiro atoms. The SMILES string of the molecule is CC(C)Oc1ccc(C(O)CNc2ncnc3ccc(Br)cc23)cc1. The van der Waals surface area contributed by atoms with E-state index in [0.717, 1.165) is 26.7 Å². The molecule has 0 amide bonds. The van der Waals surface area contributed by atoms with Crippen LogP contribution in [0.3, 0.4) is 0 Å². The first-order valence-corrected chi connectivity index (χ1v) is 8.91. The summed E-state index contributed by atoms with van der Waals surface area (Å²) in [7, 11) is 0. The van der Waals surface area contributed by atoms with E-state index in [4.69, 9.17) is 4.74 Å². The van der Waals surface area contributed by atoms with Gasteiger partial charge < -0.3 is 15.2 Å². The van der Waals surface area contributed by atoms with E-state index < -0.39 is 6.10 Å². The minimum atomic E-state index is -0.648. The minimum absolute atomic E-state index is 0.128. The smallest absolute Gasteiger partial charge is 0.137 e. The molecule has 0 saturated carbocycles. The summed E-state index contributed by atoms with van der Waals surface area (Å²) in [6, 6.07) is 13.3. The second-order valence-corrected chi connectivity index (χ2v) is 6.93. The summed E-state index contributed by atoms with van der Waals surface area (Å²) in [6.45, 7) is 4.32. The molecule has 5 nitrogen and oxygen atoms in total. The summed E-state index contributed by atoms with van der Waals surface area (Å²) < 4.78 is 6.58. The van der Waals surface area contributed by atoms with Crippen LogP contribution in [0.15, 0.2) is 53.3 Å². The highest BCUT2D eigenvalue weighted by Gasteiger charge is 2.10. The quantitative estimate of drug-likeness (QED) is 0.643. The van der Waals surface area contributed by atoms with E-state index in [-0.39, 0.29) is 6.10 Å². The van der Waals surface area contributed by atoms with Gasteiger partial charge in [0.25, 0.3) is 0 Å². The molecule has 0 saturated heterocycles. The van der Waals surface area contributed by atoms with Crippen molar-refractivity contribution in [2.24, 2.45) is 0 Å². The standard InChI is InChI=1S/C19H20BrN3O2/c1-12(2)25-15-6-3-13(4-7-15)18(24)10-21-19-16-9-14(20)5-8-17(16)22-11-23-19/h3-9,11-12,18,24H,10H2,1-2H3,(H,21,22,23). The van der Waals surface area contributed by atoms with E-state index in [2.05, 4.69) is 31.2 Å². The first-order valence-electron chi connectivity index (χ1n) is 8.12. The van der Waals surface area contributed by atoms with Crippen molar-refractivity contribution in [3.63, 3.8) is 0 Å². The van der Waals surface area contributed by atoms with Gasteiger partial charge in [0.1, 0.15) is 17.9 Å². The second kappa shape index (κ2) is 7.80. The van der Waals surface area contributed by atoms with Crippen molar-refractivity contribution in [1.29, 1.82) is 0 Å². The Kier molecular flexibility index (Phi) is 5.50. The number of nitrogens with zero attached hydrogens (tertiary/aromatic N) is 2. The van der Waals surface area contributed by atoms with Gasteiger partial charge in [0.2, 0.25) is 0 Å². The third-order valence-corrected chi connectivity index (χ3v) is 4.19. The van der Waals surface area contributed by atoms with Gasteiger partial charge in [-0.05, 0) is 49.7 Å². The number of halogens is 1. The lowest BCUT2D eigenvalue weighted by molar-refractivity contribution is 0.191. The molecule has 3 rings (SSSR count). The molecule has 2 aromatic carbocycles. The molecule has 130 valence electrons. The fourth-order valence-corrected chi connectivity index (χ4v) is 2.88. The predicted octanol–water partition coefficient (Wildman–Crippen LogP) is 4.33. The largest absolute Gasteiger partial charge is 0.491 e. The highest BCUT2D eigenvalue weighted by molar-refractivity contribution is 9.10. The molecule has 0 fully saturated rings. The number of fused-ring (bicyclic) bond motifs is 1. The average molecular weight is 402 g/mol. The van der Waals surface area contributed by atoms with Gasteiger partial charge in [0, 0.05) is 16.4 Å². The zero-order chi connectivity index (χ0) is 17.8. The number of hydrogen-bond donors (Lipinski definition) is 2. The lowest BCUT2D eigenvalue weighted by atomic mass is 10.1. The molecule has 1 atom stereocenters. The molecule has 0 aliphatic rings. The van der Waals surface area contributed by atoms with Crippen LogP contribution in [0.5, 0.6) is 5.75 Å². The van der Waals surface area contributed by atoms with Crippen LogP contribution in [0, 0.1) is 0 Å². The average Bonchev–Trinajstić information content (AvgIpc) is 2.59. The molecule has 3 aromatic rings. The number of aromatic nitrogens is 2. The van der Waals surface area contributed by atoms with Gasteiger partial charge in [-0.2, -0.15) is 0 Å². The summed E-state index contributed by atoms with van der Waals surface area (Å²) in [5, 5.41) is 14.5. The summed E-state index contributed by atoms with van der Waals surface area (Å²) in [5.74, 6) is 1.50. The summed E-state index contributed by atoms with van der Waals surface area (Å²) in [4.78, 5) is 8.54. The van der Waals surface area contributed by atoms with Crippen LogP contribution in [-0.4, -0.2) is 27.7 Å². The maximum absolute atomic E-state index is 10.4. The molecule has 2 N–H and O–H groups in total. The molecule has 1 unspecified atom stereocenters. The van der Waals surface area contributed by atoms with E-state index in [1.165, 1.54) is 6.33 Å². The van der Waals surface area contributed by atoms with Crippen LogP contribution in [0.4, 0.5) is 5.82 Å². The normalized spacial score (nSPS) is 12.4. The minimum Gasteiger partial charge on any atom is -0.491 e. The number of aliphatic hydroxyl groups is 1. The number of benzene rings is 2. The topological polar surface area (TPSA) is 67.3 Å². The van der Waals surface area contributed by atoms with Gasteiger partial charge >= 0.3 is 0 Å². The number of ether oxygens (including phenoxy) is 1. The zero-order valence-electron chi connectivity index (χ0n) is 14.1. The fourth-order valence-electron chi connectivity index (χ4n) is 2.52. The van der Waals surface area contributed by atoms with Crippen LogP contribution in [0.2, 0.25) is 0 Å². The third-order valence-electron chi connectivity index (χ3n) is 3.70. The Balaban J connectivity index is 1.70. The summed E-state index contributed by atoms with van der Waals surface area (Å²) >= 11 is 3.46. The molecule has 1 aromatic heterocycles. The summed E-state index contributed by atoms with van der Waals surface area (Å²) in [6.07, 6.45) is 0.997. The van der Waals surface area contributed by atoms with Crippen LogP contribution in [0.25, 0.3) is 10.9 Å². The molecule has 6 heteroatoms. The van der Waals surface area contributed by atoms with E-state index in [1.807, 2.05) is 56.3 Å². The molecular weight excluding hydrogens is 382 g/mol. The van der Waals surface area contributed by atoms with Gasteiger partial charge in [0.15, 0.2) is 0 Å². The fraction of sp³-hybridized carbons (Fsp3) is 0.263. The lowest BCUT2D eigenvalue weighted by Gasteiger charge is -2.15. The number of nitrogens with one attached hydrogen (secondary N) is 1. The Bertz CT molecular complexity index is 853. The molecule has 1 heterocycles.